The molecule has 0 aliphatic carbocycles. The van der Waals surface area contributed by atoms with E-state index in [1.807, 2.05) is 25.1 Å². The number of rotatable bonds is 2. The molecule has 0 saturated carbocycles. The van der Waals surface area contributed by atoms with E-state index in [2.05, 4.69) is 9.89 Å². The average molecular weight is 259 g/mol. The smallest absolute Gasteiger partial charge is 0.360 e. The third-order valence-corrected chi connectivity index (χ3v) is 3.09. The number of nitrogens with zero attached hydrogens (tertiary/aromatic N) is 1. The van der Waals surface area contributed by atoms with Gasteiger partial charge in [0, 0.05) is 18.1 Å². The van der Waals surface area contributed by atoms with Gasteiger partial charge in [0.25, 0.3) is 0 Å². The van der Waals surface area contributed by atoms with Gasteiger partial charge in [-0.25, -0.2) is 4.79 Å². The summed E-state index contributed by atoms with van der Waals surface area (Å²) in [7, 11) is 1.31. The van der Waals surface area contributed by atoms with Crippen LogP contribution in [0.3, 0.4) is 0 Å². The molecule has 0 bridgehead atoms. The van der Waals surface area contributed by atoms with Gasteiger partial charge in [-0.2, -0.15) is 0 Å². The van der Waals surface area contributed by atoms with Crippen LogP contribution in [0.4, 0.5) is 0 Å². The maximum Gasteiger partial charge on any atom is 0.360 e. The molecule has 1 aromatic heterocycles. The summed E-state index contributed by atoms with van der Waals surface area (Å²) in [6.07, 6.45) is 1.08. The van der Waals surface area contributed by atoms with E-state index in [1.165, 1.54) is 7.11 Å². The van der Waals surface area contributed by atoms with Gasteiger partial charge in [-0.15, -0.1) is 0 Å². The van der Waals surface area contributed by atoms with Crippen LogP contribution >= 0.6 is 0 Å². The summed E-state index contributed by atoms with van der Waals surface area (Å²) in [4.78, 5) is 11.3. The molecule has 5 heteroatoms. The third kappa shape index (κ3) is 2.07. The van der Waals surface area contributed by atoms with Crippen molar-refractivity contribution in [2.24, 2.45) is 0 Å². The lowest BCUT2D eigenvalue weighted by molar-refractivity contribution is 0.0589. The van der Waals surface area contributed by atoms with E-state index in [-0.39, 0.29) is 11.8 Å². The number of aromatic nitrogens is 1. The maximum atomic E-state index is 11.3. The van der Waals surface area contributed by atoms with Crippen LogP contribution in [-0.4, -0.2) is 24.3 Å². The van der Waals surface area contributed by atoms with Crippen LogP contribution in [0.15, 0.2) is 28.8 Å². The second kappa shape index (κ2) is 4.42. The maximum absolute atomic E-state index is 11.3. The Morgan fingerprint density at radius 2 is 2.26 bits per heavy atom. The molecule has 0 radical (unpaired) electrons. The van der Waals surface area contributed by atoms with Crippen LogP contribution in [0.2, 0.25) is 0 Å². The van der Waals surface area contributed by atoms with Crippen LogP contribution in [-0.2, 0) is 11.2 Å². The summed E-state index contributed by atoms with van der Waals surface area (Å²) < 4.78 is 15.4. The molecule has 5 nitrogen and oxygen atoms in total. The molecular formula is C14H13NO4. The number of methoxy groups -OCH3 is 1. The van der Waals surface area contributed by atoms with Crippen molar-refractivity contribution in [1.82, 2.24) is 5.16 Å². The van der Waals surface area contributed by atoms with Crippen molar-refractivity contribution >= 4 is 5.97 Å². The number of benzene rings is 1. The normalized spacial score (nSPS) is 16.8. The molecule has 0 unspecified atom stereocenters. The topological polar surface area (TPSA) is 61.6 Å². The highest BCUT2D eigenvalue weighted by Gasteiger charge is 2.20. The highest BCUT2D eigenvalue weighted by Crippen LogP contribution is 2.33. The second-order valence-electron chi connectivity index (χ2n) is 4.52. The predicted molar refractivity (Wildman–Crippen MR) is 67.1 cm³/mol. The van der Waals surface area contributed by atoms with Gasteiger partial charge in [0.1, 0.15) is 11.9 Å². The summed E-state index contributed by atoms with van der Waals surface area (Å²) in [6, 6.07) is 7.38. The van der Waals surface area contributed by atoms with Crippen molar-refractivity contribution in [3.05, 3.63) is 35.5 Å². The molecule has 98 valence electrons. The molecule has 3 rings (SSSR count). The third-order valence-electron chi connectivity index (χ3n) is 3.09. The molecular weight excluding hydrogens is 246 g/mol. The largest absolute Gasteiger partial charge is 0.490 e. The van der Waals surface area contributed by atoms with Crippen LogP contribution in [0, 0.1) is 0 Å². The quantitative estimate of drug-likeness (QED) is 0.775. The Morgan fingerprint density at radius 3 is 3.05 bits per heavy atom. The standard InChI is InChI=1S/C14H13NO4/c1-8-5-10-6-9(3-4-12(10)18-8)13-7-11(15-19-13)14(16)17-2/h3-4,6-8H,5H2,1-2H3/t8-/m0/s1. The zero-order chi connectivity index (χ0) is 13.4. The van der Waals surface area contributed by atoms with Gasteiger partial charge in [0.05, 0.1) is 7.11 Å². The van der Waals surface area contributed by atoms with Gasteiger partial charge in [0.2, 0.25) is 0 Å². The summed E-state index contributed by atoms with van der Waals surface area (Å²) in [6.45, 7) is 2.03. The molecule has 0 spiro atoms. The van der Waals surface area contributed by atoms with Crippen molar-refractivity contribution in [3.63, 3.8) is 0 Å². The minimum atomic E-state index is -0.506. The fourth-order valence-corrected chi connectivity index (χ4v) is 2.19. The van der Waals surface area contributed by atoms with Gasteiger partial charge >= 0.3 is 5.97 Å². The predicted octanol–water partition coefficient (Wildman–Crippen LogP) is 2.45. The van der Waals surface area contributed by atoms with E-state index in [0.29, 0.717) is 5.76 Å². The zero-order valence-corrected chi connectivity index (χ0v) is 10.7. The Kier molecular flexibility index (Phi) is 2.74. The number of hydrogen-bond donors (Lipinski definition) is 0. The van der Waals surface area contributed by atoms with Crippen molar-refractivity contribution in [2.75, 3.05) is 7.11 Å². The van der Waals surface area contributed by atoms with Crippen molar-refractivity contribution < 1.29 is 18.8 Å². The van der Waals surface area contributed by atoms with Gasteiger partial charge in [-0.05, 0) is 30.7 Å². The van der Waals surface area contributed by atoms with E-state index in [4.69, 9.17) is 9.26 Å². The van der Waals surface area contributed by atoms with E-state index >= 15 is 0 Å². The fraction of sp³-hybridized carbons (Fsp3) is 0.286. The molecule has 0 N–H and O–H groups in total. The number of carbonyl (C=O) groups is 1. The van der Waals surface area contributed by atoms with Crippen molar-refractivity contribution in [2.45, 2.75) is 19.4 Å². The van der Waals surface area contributed by atoms with Gasteiger partial charge in [-0.3, -0.25) is 0 Å². The van der Waals surface area contributed by atoms with E-state index in [1.54, 1.807) is 6.07 Å². The molecule has 2 aromatic rings. The first-order chi connectivity index (χ1) is 9.17. The van der Waals surface area contributed by atoms with Crippen LogP contribution < -0.4 is 4.74 Å². The molecule has 1 aromatic carbocycles. The average Bonchev–Trinajstić information content (AvgIpc) is 3.01. The lowest BCUT2D eigenvalue weighted by Crippen LogP contribution is -2.05. The number of hydrogen-bond acceptors (Lipinski definition) is 5. The van der Waals surface area contributed by atoms with Crippen LogP contribution in [0.1, 0.15) is 23.0 Å². The van der Waals surface area contributed by atoms with Crippen LogP contribution in [0.25, 0.3) is 11.3 Å². The highest BCUT2D eigenvalue weighted by molar-refractivity contribution is 5.88. The fourth-order valence-electron chi connectivity index (χ4n) is 2.19. The van der Waals surface area contributed by atoms with E-state index < -0.39 is 5.97 Å². The van der Waals surface area contributed by atoms with Gasteiger partial charge in [0.15, 0.2) is 11.5 Å². The highest BCUT2D eigenvalue weighted by atomic mass is 16.5. The molecule has 1 atom stereocenters. The summed E-state index contributed by atoms with van der Waals surface area (Å²) in [5.41, 5.74) is 2.18. The first-order valence-electron chi connectivity index (χ1n) is 6.02. The minimum Gasteiger partial charge on any atom is -0.490 e. The SMILES string of the molecule is COC(=O)c1cc(-c2ccc3c(c2)C[C@H](C)O3)on1. The zero-order valence-electron chi connectivity index (χ0n) is 10.7. The molecule has 0 fully saturated rings. The number of carbonyl (C=O) groups excluding carboxylic acids is 1. The minimum absolute atomic E-state index is 0.169. The second-order valence-corrected chi connectivity index (χ2v) is 4.52. The number of ether oxygens (including phenoxy) is 2. The molecule has 1 aliphatic heterocycles. The molecule has 2 heterocycles. The van der Waals surface area contributed by atoms with Crippen molar-refractivity contribution in [1.29, 1.82) is 0 Å². The molecule has 1 aliphatic rings. The van der Waals surface area contributed by atoms with Crippen molar-refractivity contribution in [3.8, 4) is 17.1 Å². The Morgan fingerprint density at radius 1 is 1.42 bits per heavy atom. The monoisotopic (exact) mass is 259 g/mol. The lowest BCUT2D eigenvalue weighted by atomic mass is 10.1. The Balaban J connectivity index is 1.93. The number of fused-ring (bicyclic) bond motifs is 1. The van der Waals surface area contributed by atoms with Gasteiger partial charge < -0.3 is 14.0 Å². The summed E-state index contributed by atoms with van der Waals surface area (Å²) in [5.74, 6) is 0.944. The first-order valence-corrected chi connectivity index (χ1v) is 6.02. The van der Waals surface area contributed by atoms with Gasteiger partial charge in [-0.1, -0.05) is 5.16 Å². The Bertz CT molecular complexity index is 632. The lowest BCUT2D eigenvalue weighted by Gasteiger charge is -2.02. The summed E-state index contributed by atoms with van der Waals surface area (Å²) >= 11 is 0. The molecule has 19 heavy (non-hydrogen) atoms. The number of esters is 1. The summed E-state index contributed by atoms with van der Waals surface area (Å²) in [5, 5.41) is 3.69. The van der Waals surface area contributed by atoms with Crippen LogP contribution in [0.5, 0.6) is 5.75 Å². The van der Waals surface area contributed by atoms with E-state index in [9.17, 15) is 4.79 Å². The Labute approximate surface area is 110 Å². The first kappa shape index (κ1) is 11.8. The molecule has 0 amide bonds. The molecule has 0 saturated heterocycles. The van der Waals surface area contributed by atoms with E-state index in [0.717, 1.165) is 23.3 Å². The Hall–Kier alpha value is -2.30.